The van der Waals surface area contributed by atoms with Gasteiger partial charge >= 0.3 is 0 Å². The summed E-state index contributed by atoms with van der Waals surface area (Å²) in [7, 11) is 1.56. The fourth-order valence-corrected chi connectivity index (χ4v) is 3.33. The van der Waals surface area contributed by atoms with Gasteiger partial charge in [0.1, 0.15) is 12.4 Å². The molecule has 0 radical (unpaired) electrons. The minimum atomic E-state index is -0.219. The van der Waals surface area contributed by atoms with Crippen molar-refractivity contribution >= 4 is 34.1 Å². The van der Waals surface area contributed by atoms with Gasteiger partial charge in [0.15, 0.2) is 11.5 Å². The molecule has 0 amide bonds. The molecule has 0 atom stereocenters. The summed E-state index contributed by atoms with van der Waals surface area (Å²) in [6, 6.07) is 17.9. The lowest BCUT2D eigenvalue weighted by molar-refractivity contribution is 0.285. The third-order valence-corrected chi connectivity index (χ3v) is 5.17. The number of aromatic amines is 1. The molecule has 0 aliphatic carbocycles. The van der Waals surface area contributed by atoms with Crippen molar-refractivity contribution in [2.45, 2.75) is 6.61 Å². The van der Waals surface area contributed by atoms with E-state index in [2.05, 4.69) is 9.97 Å². The van der Waals surface area contributed by atoms with E-state index >= 15 is 0 Å². The minimum Gasteiger partial charge on any atom is -0.493 e. The average molecular weight is 427 g/mol. The number of para-hydroxylation sites is 2. The van der Waals surface area contributed by atoms with Gasteiger partial charge in [0.25, 0.3) is 5.56 Å². The first-order chi connectivity index (χ1) is 14.1. The number of nitrogens with zero attached hydrogens (tertiary/aromatic N) is 1. The van der Waals surface area contributed by atoms with E-state index in [4.69, 9.17) is 32.7 Å². The molecule has 1 N–H and O–H groups in total. The first kappa shape index (κ1) is 19.3. The van der Waals surface area contributed by atoms with Crippen LogP contribution in [0.4, 0.5) is 0 Å². The Bertz CT molecular complexity index is 1250. The van der Waals surface area contributed by atoms with E-state index in [-0.39, 0.29) is 12.2 Å². The van der Waals surface area contributed by atoms with Crippen molar-refractivity contribution < 1.29 is 9.47 Å². The summed E-state index contributed by atoms with van der Waals surface area (Å²) in [6.07, 6.45) is 0. The number of halogens is 2. The molecule has 146 valence electrons. The lowest BCUT2D eigenvalue weighted by Gasteiger charge is -2.15. The van der Waals surface area contributed by atoms with Crippen LogP contribution < -0.4 is 15.0 Å². The number of methoxy groups -OCH3 is 1. The lowest BCUT2D eigenvalue weighted by atomic mass is 10.1. The van der Waals surface area contributed by atoms with Gasteiger partial charge in [-0.2, -0.15) is 0 Å². The number of ether oxygens (including phenoxy) is 2. The molecule has 0 aliphatic rings. The van der Waals surface area contributed by atoms with E-state index in [1.807, 2.05) is 24.3 Å². The predicted octanol–water partition coefficient (Wildman–Crippen LogP) is 5.48. The molecular weight excluding hydrogens is 411 g/mol. The highest BCUT2D eigenvalue weighted by Crippen LogP contribution is 2.37. The standard InChI is InChI=1S/C22H16Cl2N2O3/c1-28-19-8-4-6-15(20(19)29-12-13-9-10-16(23)17(24)11-13)21-25-18-7-3-2-5-14(18)22(27)26-21/h2-11H,12H2,1H3,(H,25,26,27). The third-order valence-electron chi connectivity index (χ3n) is 4.43. The van der Waals surface area contributed by atoms with E-state index in [1.165, 1.54) is 0 Å². The maximum absolute atomic E-state index is 12.5. The van der Waals surface area contributed by atoms with Crippen LogP contribution in [-0.4, -0.2) is 17.1 Å². The van der Waals surface area contributed by atoms with Crippen molar-refractivity contribution in [2.24, 2.45) is 0 Å². The predicted molar refractivity (Wildman–Crippen MR) is 115 cm³/mol. The molecule has 0 bridgehead atoms. The number of aromatic nitrogens is 2. The van der Waals surface area contributed by atoms with E-state index in [0.29, 0.717) is 43.8 Å². The van der Waals surface area contributed by atoms with E-state index in [9.17, 15) is 4.79 Å². The van der Waals surface area contributed by atoms with Gasteiger partial charge in [-0.1, -0.05) is 47.5 Å². The second-order valence-electron chi connectivity index (χ2n) is 6.31. The molecule has 0 fully saturated rings. The summed E-state index contributed by atoms with van der Waals surface area (Å²) in [5.74, 6) is 1.40. The van der Waals surface area contributed by atoms with Crippen molar-refractivity contribution in [2.75, 3.05) is 7.11 Å². The van der Waals surface area contributed by atoms with Gasteiger partial charge in [0.2, 0.25) is 0 Å². The van der Waals surface area contributed by atoms with E-state index < -0.39 is 0 Å². The SMILES string of the molecule is COc1cccc(-c2nc3ccccc3c(=O)[nH]2)c1OCc1ccc(Cl)c(Cl)c1. The normalized spacial score (nSPS) is 10.9. The Balaban J connectivity index is 1.76. The molecule has 0 saturated heterocycles. The van der Waals surface area contributed by atoms with Crippen LogP contribution in [0.25, 0.3) is 22.3 Å². The first-order valence-corrected chi connectivity index (χ1v) is 9.55. The highest BCUT2D eigenvalue weighted by molar-refractivity contribution is 6.42. The van der Waals surface area contributed by atoms with Crippen LogP contribution in [0.1, 0.15) is 5.56 Å². The van der Waals surface area contributed by atoms with Crippen LogP contribution in [0, 0.1) is 0 Å². The van der Waals surface area contributed by atoms with Gasteiger partial charge in [0.05, 0.1) is 33.6 Å². The quantitative estimate of drug-likeness (QED) is 0.458. The number of nitrogens with one attached hydrogen (secondary N) is 1. The lowest BCUT2D eigenvalue weighted by Crippen LogP contribution is -2.10. The van der Waals surface area contributed by atoms with E-state index in [0.717, 1.165) is 5.56 Å². The number of hydrogen-bond donors (Lipinski definition) is 1. The molecule has 1 aromatic heterocycles. The molecule has 0 aliphatic heterocycles. The van der Waals surface area contributed by atoms with Gasteiger partial charge in [-0.25, -0.2) is 4.98 Å². The van der Waals surface area contributed by atoms with Crippen LogP contribution in [0.3, 0.4) is 0 Å². The van der Waals surface area contributed by atoms with Crippen molar-refractivity contribution in [1.82, 2.24) is 9.97 Å². The van der Waals surface area contributed by atoms with Gasteiger partial charge in [-0.15, -0.1) is 0 Å². The third kappa shape index (κ3) is 3.92. The molecule has 0 saturated carbocycles. The second kappa shape index (κ2) is 8.15. The summed E-state index contributed by atoms with van der Waals surface area (Å²) in [4.78, 5) is 19.9. The molecule has 5 nitrogen and oxygen atoms in total. The number of fused-ring (bicyclic) bond motifs is 1. The fraction of sp³-hybridized carbons (Fsp3) is 0.0909. The van der Waals surface area contributed by atoms with Crippen LogP contribution in [0.5, 0.6) is 11.5 Å². The maximum atomic E-state index is 12.5. The Hall–Kier alpha value is -3.02. The molecular formula is C22H16Cl2N2O3. The van der Waals surface area contributed by atoms with Crippen LogP contribution in [0.2, 0.25) is 10.0 Å². The zero-order chi connectivity index (χ0) is 20.4. The van der Waals surface area contributed by atoms with Gasteiger partial charge in [-0.05, 0) is 42.0 Å². The van der Waals surface area contributed by atoms with E-state index in [1.54, 1.807) is 43.5 Å². The molecule has 4 rings (SSSR count). The highest BCUT2D eigenvalue weighted by atomic mass is 35.5. The van der Waals surface area contributed by atoms with Gasteiger partial charge < -0.3 is 14.5 Å². The van der Waals surface area contributed by atoms with Crippen molar-refractivity contribution in [3.05, 3.63) is 86.6 Å². The second-order valence-corrected chi connectivity index (χ2v) is 7.12. The van der Waals surface area contributed by atoms with Crippen molar-refractivity contribution in [3.8, 4) is 22.9 Å². The minimum absolute atomic E-state index is 0.219. The number of hydrogen-bond acceptors (Lipinski definition) is 4. The molecule has 4 aromatic rings. The first-order valence-electron chi connectivity index (χ1n) is 8.80. The molecule has 3 aromatic carbocycles. The summed E-state index contributed by atoms with van der Waals surface area (Å²) >= 11 is 12.1. The fourth-order valence-electron chi connectivity index (χ4n) is 3.01. The van der Waals surface area contributed by atoms with Crippen LogP contribution in [-0.2, 0) is 6.61 Å². The number of H-pyrrole nitrogens is 1. The summed E-state index contributed by atoms with van der Waals surface area (Å²) in [5, 5.41) is 1.46. The monoisotopic (exact) mass is 426 g/mol. The van der Waals surface area contributed by atoms with Crippen LogP contribution in [0.15, 0.2) is 65.5 Å². The topological polar surface area (TPSA) is 64.2 Å². The zero-order valence-electron chi connectivity index (χ0n) is 15.4. The molecule has 7 heteroatoms. The Labute approximate surface area is 176 Å². The summed E-state index contributed by atoms with van der Waals surface area (Å²) in [5.41, 5.74) is 1.84. The Kier molecular flexibility index (Phi) is 5.43. The van der Waals surface area contributed by atoms with Crippen molar-refractivity contribution in [3.63, 3.8) is 0 Å². The Morgan fingerprint density at radius 1 is 1.00 bits per heavy atom. The zero-order valence-corrected chi connectivity index (χ0v) is 16.9. The summed E-state index contributed by atoms with van der Waals surface area (Å²) < 4.78 is 11.5. The molecule has 0 spiro atoms. The highest BCUT2D eigenvalue weighted by Gasteiger charge is 2.16. The van der Waals surface area contributed by atoms with Gasteiger partial charge in [-0.3, -0.25) is 4.79 Å². The van der Waals surface area contributed by atoms with Crippen molar-refractivity contribution in [1.29, 1.82) is 0 Å². The average Bonchev–Trinajstić information content (AvgIpc) is 2.74. The Morgan fingerprint density at radius 3 is 2.62 bits per heavy atom. The molecule has 1 heterocycles. The molecule has 0 unspecified atom stereocenters. The largest absolute Gasteiger partial charge is 0.493 e. The maximum Gasteiger partial charge on any atom is 0.259 e. The summed E-state index contributed by atoms with van der Waals surface area (Å²) in [6.45, 7) is 0.238. The van der Waals surface area contributed by atoms with Crippen LogP contribution >= 0.6 is 23.2 Å². The number of benzene rings is 3. The molecule has 29 heavy (non-hydrogen) atoms. The smallest absolute Gasteiger partial charge is 0.259 e. The Morgan fingerprint density at radius 2 is 1.83 bits per heavy atom. The van der Waals surface area contributed by atoms with Gasteiger partial charge in [0, 0.05) is 0 Å². The number of rotatable bonds is 5.